The number of anilines is 1. The number of hydrogen-bond acceptors (Lipinski definition) is 3. The van der Waals surface area contributed by atoms with Gasteiger partial charge in [-0.3, -0.25) is 13.9 Å². The van der Waals surface area contributed by atoms with Gasteiger partial charge in [0.05, 0.1) is 6.04 Å². The third kappa shape index (κ3) is 5.43. The maximum atomic E-state index is 12.3. The molecule has 1 rings (SSSR count). The number of carbonyl (C=O) groups is 1. The second-order valence-electron chi connectivity index (χ2n) is 5.18. The smallest absolute Gasteiger partial charge is 0.241 e. The van der Waals surface area contributed by atoms with Gasteiger partial charge in [-0.2, -0.15) is 0 Å². The van der Waals surface area contributed by atoms with Crippen LogP contribution in [0.5, 0.6) is 0 Å². The summed E-state index contributed by atoms with van der Waals surface area (Å²) in [6.45, 7) is 2.07. The van der Waals surface area contributed by atoms with Crippen molar-refractivity contribution in [2.24, 2.45) is 0 Å². The monoisotopic (exact) mass is 296 g/mol. The maximum Gasteiger partial charge on any atom is 0.241 e. The van der Waals surface area contributed by atoms with Crippen LogP contribution in [0.4, 0.5) is 5.69 Å². The zero-order valence-corrected chi connectivity index (χ0v) is 13.5. The molecule has 0 aliphatic carbocycles. The van der Waals surface area contributed by atoms with Crippen LogP contribution in [0.1, 0.15) is 25.3 Å². The van der Waals surface area contributed by atoms with E-state index in [4.69, 9.17) is 0 Å². The molecule has 0 spiro atoms. The Labute approximate surface area is 124 Å². The van der Waals surface area contributed by atoms with Crippen molar-refractivity contribution in [3.63, 3.8) is 0 Å². The van der Waals surface area contributed by atoms with Gasteiger partial charge in [0.1, 0.15) is 0 Å². The average molecular weight is 296 g/mol. The van der Waals surface area contributed by atoms with Gasteiger partial charge in [-0.15, -0.1) is 0 Å². The highest BCUT2D eigenvalue weighted by molar-refractivity contribution is 7.83. The largest absolute Gasteiger partial charge is 0.325 e. The lowest BCUT2D eigenvalue weighted by atomic mass is 10.1. The first-order chi connectivity index (χ1) is 9.43. The van der Waals surface area contributed by atoms with Gasteiger partial charge in [0.2, 0.25) is 5.91 Å². The van der Waals surface area contributed by atoms with E-state index in [1.165, 1.54) is 0 Å². The van der Waals surface area contributed by atoms with E-state index in [2.05, 4.69) is 12.2 Å². The van der Waals surface area contributed by atoms with Crippen LogP contribution in [0.3, 0.4) is 0 Å². The fourth-order valence-electron chi connectivity index (χ4n) is 2.10. The third-order valence-corrected chi connectivity index (χ3v) is 3.79. The number of nitrogens with one attached hydrogen (secondary N) is 1. The molecule has 0 saturated heterocycles. The Hall–Kier alpha value is -1.20. The second kappa shape index (κ2) is 8.17. The lowest BCUT2D eigenvalue weighted by Gasteiger charge is -2.23. The van der Waals surface area contributed by atoms with Crippen molar-refractivity contribution in [3.8, 4) is 0 Å². The molecule has 0 bridgehead atoms. The molecule has 4 nitrogen and oxygen atoms in total. The molecule has 5 heteroatoms. The molecule has 1 aromatic carbocycles. The molecule has 0 fully saturated rings. The Bertz CT molecular complexity index is 475. The van der Waals surface area contributed by atoms with E-state index in [0.29, 0.717) is 5.75 Å². The van der Waals surface area contributed by atoms with E-state index in [0.717, 1.165) is 24.1 Å². The van der Waals surface area contributed by atoms with Gasteiger partial charge in [0, 0.05) is 28.5 Å². The van der Waals surface area contributed by atoms with Gasteiger partial charge in [-0.1, -0.05) is 25.5 Å². The third-order valence-electron chi connectivity index (χ3n) is 3.05. The van der Waals surface area contributed by atoms with Crippen molar-refractivity contribution in [3.05, 3.63) is 29.8 Å². The maximum absolute atomic E-state index is 12.3. The lowest BCUT2D eigenvalue weighted by molar-refractivity contribution is -0.120. The molecule has 0 saturated carbocycles. The minimum absolute atomic E-state index is 0.00613. The molecule has 1 aromatic rings. The van der Waals surface area contributed by atoms with Gasteiger partial charge < -0.3 is 5.32 Å². The predicted octanol–water partition coefficient (Wildman–Crippen LogP) is 2.23. The van der Waals surface area contributed by atoms with Gasteiger partial charge in [0.15, 0.2) is 0 Å². The summed E-state index contributed by atoms with van der Waals surface area (Å²) in [5.41, 5.74) is 1.74. The topological polar surface area (TPSA) is 49.4 Å². The van der Waals surface area contributed by atoms with Crippen molar-refractivity contribution in [2.75, 3.05) is 25.7 Å². The van der Waals surface area contributed by atoms with E-state index in [9.17, 15) is 9.00 Å². The normalized spacial score (nSPS) is 14.1. The van der Waals surface area contributed by atoms with E-state index in [1.807, 2.05) is 43.3 Å². The molecule has 2 unspecified atom stereocenters. The van der Waals surface area contributed by atoms with E-state index < -0.39 is 10.8 Å². The van der Waals surface area contributed by atoms with Crippen LogP contribution >= 0.6 is 0 Å². The van der Waals surface area contributed by atoms with Crippen LogP contribution < -0.4 is 5.32 Å². The molecule has 20 heavy (non-hydrogen) atoms. The second-order valence-corrected chi connectivity index (χ2v) is 6.61. The summed E-state index contributed by atoms with van der Waals surface area (Å²) in [7, 11) is 2.95. The van der Waals surface area contributed by atoms with Crippen molar-refractivity contribution in [2.45, 2.75) is 31.6 Å². The van der Waals surface area contributed by atoms with Gasteiger partial charge in [0.25, 0.3) is 0 Å². The van der Waals surface area contributed by atoms with Crippen molar-refractivity contribution in [1.29, 1.82) is 0 Å². The zero-order valence-electron chi connectivity index (χ0n) is 12.7. The first-order valence-corrected chi connectivity index (χ1v) is 8.53. The zero-order chi connectivity index (χ0) is 15.1. The number of hydrogen-bond donors (Lipinski definition) is 1. The highest BCUT2D eigenvalue weighted by atomic mass is 32.2. The summed E-state index contributed by atoms with van der Waals surface area (Å²) in [6.07, 6.45) is 3.47. The number of nitrogens with zero attached hydrogens (tertiary/aromatic N) is 1. The van der Waals surface area contributed by atoms with Crippen LogP contribution in [-0.2, 0) is 21.3 Å². The number of rotatable bonds is 7. The highest BCUT2D eigenvalue weighted by Crippen LogP contribution is 2.14. The van der Waals surface area contributed by atoms with E-state index in [1.54, 1.807) is 6.26 Å². The summed E-state index contributed by atoms with van der Waals surface area (Å²) in [5.74, 6) is 0.516. The summed E-state index contributed by atoms with van der Waals surface area (Å²) < 4.78 is 11.2. The van der Waals surface area contributed by atoms with Crippen LogP contribution in [0.2, 0.25) is 0 Å². The Balaban J connectivity index is 2.76. The van der Waals surface area contributed by atoms with Gasteiger partial charge >= 0.3 is 0 Å². The minimum atomic E-state index is -0.878. The van der Waals surface area contributed by atoms with Crippen molar-refractivity contribution < 1.29 is 9.00 Å². The fourth-order valence-corrected chi connectivity index (χ4v) is 2.75. The highest BCUT2D eigenvalue weighted by Gasteiger charge is 2.19. The van der Waals surface area contributed by atoms with Crippen LogP contribution in [0.25, 0.3) is 0 Å². The standard InChI is InChI=1S/C15H24N2O2S/c1-5-7-14(17(2)3)15(18)16-13-9-6-8-12(10-13)11-20(4)19/h6,8-10,14H,5,7,11H2,1-4H3,(H,16,18). The number of carbonyl (C=O) groups excluding carboxylic acids is 1. The summed E-state index contributed by atoms with van der Waals surface area (Å²) >= 11 is 0. The molecule has 2 atom stereocenters. The molecule has 0 aliphatic heterocycles. The SMILES string of the molecule is CCCC(C(=O)Nc1cccc(CS(C)=O)c1)N(C)C. The fraction of sp³-hybridized carbons (Fsp3) is 0.533. The van der Waals surface area contributed by atoms with Gasteiger partial charge in [-0.25, -0.2) is 0 Å². The lowest BCUT2D eigenvalue weighted by Crippen LogP contribution is -2.39. The van der Waals surface area contributed by atoms with Crippen LogP contribution in [-0.4, -0.2) is 41.4 Å². The number of likely N-dealkylation sites (N-methyl/N-ethyl adjacent to an activating group) is 1. The molecular formula is C15H24N2O2S. The summed E-state index contributed by atoms with van der Waals surface area (Å²) in [4.78, 5) is 14.2. The Morgan fingerprint density at radius 3 is 2.65 bits per heavy atom. The van der Waals surface area contributed by atoms with Crippen molar-refractivity contribution >= 4 is 22.4 Å². The number of benzene rings is 1. The predicted molar refractivity (Wildman–Crippen MR) is 85.2 cm³/mol. The molecule has 0 heterocycles. The molecule has 0 radical (unpaired) electrons. The quantitative estimate of drug-likeness (QED) is 0.839. The summed E-state index contributed by atoms with van der Waals surface area (Å²) in [6, 6.07) is 7.43. The van der Waals surface area contributed by atoms with Crippen molar-refractivity contribution in [1.82, 2.24) is 4.90 Å². The van der Waals surface area contributed by atoms with E-state index in [-0.39, 0.29) is 11.9 Å². The molecule has 1 amide bonds. The first kappa shape index (κ1) is 16.9. The van der Waals surface area contributed by atoms with Gasteiger partial charge in [-0.05, 0) is 38.2 Å². The van der Waals surface area contributed by atoms with Crippen LogP contribution in [0, 0.1) is 0 Å². The molecule has 0 aromatic heterocycles. The minimum Gasteiger partial charge on any atom is -0.325 e. The van der Waals surface area contributed by atoms with E-state index >= 15 is 0 Å². The Morgan fingerprint density at radius 1 is 1.40 bits per heavy atom. The van der Waals surface area contributed by atoms with Crippen LogP contribution in [0.15, 0.2) is 24.3 Å². The average Bonchev–Trinajstić information content (AvgIpc) is 2.34. The molecule has 1 N–H and O–H groups in total. The summed E-state index contributed by atoms with van der Waals surface area (Å²) in [5, 5.41) is 2.94. The first-order valence-electron chi connectivity index (χ1n) is 6.80. The Morgan fingerprint density at radius 2 is 2.10 bits per heavy atom. The number of amides is 1. The Kier molecular flexibility index (Phi) is 6.88. The molecular weight excluding hydrogens is 272 g/mol. The molecule has 0 aliphatic rings. The molecule has 112 valence electrons.